The van der Waals surface area contributed by atoms with Crippen molar-refractivity contribution < 1.29 is 19.1 Å². The molecule has 25 heavy (non-hydrogen) atoms. The third-order valence-corrected chi connectivity index (χ3v) is 4.63. The maximum absolute atomic E-state index is 12.7. The minimum Gasteiger partial charge on any atom is -0.455 e. The smallest absolute Gasteiger partial charge is 0.317 e. The van der Waals surface area contributed by atoms with Crippen LogP contribution in [0.2, 0.25) is 0 Å². The van der Waals surface area contributed by atoms with Gasteiger partial charge in [0, 0.05) is 6.54 Å². The van der Waals surface area contributed by atoms with Crippen LogP contribution in [0.25, 0.3) is 0 Å². The molecule has 0 aliphatic heterocycles. The maximum Gasteiger partial charge on any atom is 0.317 e. The number of amides is 2. The fourth-order valence-corrected chi connectivity index (χ4v) is 3.29. The highest BCUT2D eigenvalue weighted by Gasteiger charge is 2.44. The van der Waals surface area contributed by atoms with E-state index in [0.29, 0.717) is 6.54 Å². The van der Waals surface area contributed by atoms with Crippen molar-refractivity contribution in [2.24, 2.45) is 0 Å². The molecule has 0 bridgehead atoms. The first-order valence-corrected chi connectivity index (χ1v) is 8.79. The van der Waals surface area contributed by atoms with Crippen LogP contribution in [-0.2, 0) is 24.5 Å². The fraction of sp³-hybridized carbons (Fsp3) is 0.526. The first-order valence-electron chi connectivity index (χ1n) is 8.79. The van der Waals surface area contributed by atoms with Crippen molar-refractivity contribution in [3.63, 3.8) is 0 Å². The minimum absolute atomic E-state index is 0.265. The molecular weight excluding hydrogens is 320 g/mol. The molecule has 0 aromatic heterocycles. The lowest BCUT2D eigenvalue weighted by Gasteiger charge is -2.27. The van der Waals surface area contributed by atoms with Crippen LogP contribution in [-0.4, -0.2) is 37.0 Å². The van der Waals surface area contributed by atoms with Crippen molar-refractivity contribution in [1.82, 2.24) is 10.6 Å². The Hall–Kier alpha value is -2.37. The number of hydrogen-bond acceptors (Lipinski definition) is 4. The number of carbonyl (C=O) groups excluding carboxylic acids is 3. The highest BCUT2D eigenvalue weighted by atomic mass is 16.5. The topological polar surface area (TPSA) is 84.5 Å². The summed E-state index contributed by atoms with van der Waals surface area (Å²) in [5, 5.41) is 5.16. The Kier molecular flexibility index (Phi) is 6.56. The second-order valence-corrected chi connectivity index (χ2v) is 6.42. The monoisotopic (exact) mass is 346 g/mol. The standard InChI is InChI=1S/C19H26N2O4/c1-3-20-17(23)14(2)21-16(22)13-25-18(24)19(11-7-8-12-19)15-9-5-4-6-10-15/h4-6,9-10,14H,3,7-8,11-13H2,1-2H3,(H,20,23)(H,21,22)/t14-/m1/s1. The molecule has 1 atom stereocenters. The molecule has 0 heterocycles. The quantitative estimate of drug-likeness (QED) is 0.736. The van der Waals surface area contributed by atoms with E-state index in [1.165, 1.54) is 0 Å². The predicted molar refractivity (Wildman–Crippen MR) is 93.8 cm³/mol. The van der Waals surface area contributed by atoms with Gasteiger partial charge in [0.15, 0.2) is 6.61 Å². The summed E-state index contributed by atoms with van der Waals surface area (Å²) < 4.78 is 5.30. The number of rotatable bonds is 7. The highest BCUT2D eigenvalue weighted by Crippen LogP contribution is 2.42. The molecule has 1 aromatic rings. The van der Waals surface area contributed by atoms with E-state index < -0.39 is 17.4 Å². The molecule has 1 aromatic carbocycles. The lowest BCUT2D eigenvalue weighted by atomic mass is 9.79. The van der Waals surface area contributed by atoms with Crippen molar-refractivity contribution >= 4 is 17.8 Å². The van der Waals surface area contributed by atoms with Gasteiger partial charge < -0.3 is 15.4 Å². The van der Waals surface area contributed by atoms with E-state index in [4.69, 9.17) is 4.74 Å². The van der Waals surface area contributed by atoms with Gasteiger partial charge in [-0.2, -0.15) is 0 Å². The van der Waals surface area contributed by atoms with Gasteiger partial charge in [0.05, 0.1) is 5.41 Å². The molecule has 6 heteroatoms. The molecule has 1 aliphatic carbocycles. The number of esters is 1. The summed E-state index contributed by atoms with van der Waals surface area (Å²) in [5.74, 6) is -1.11. The summed E-state index contributed by atoms with van der Waals surface area (Å²) in [6, 6.07) is 8.93. The SMILES string of the molecule is CCNC(=O)[C@@H](C)NC(=O)COC(=O)C1(c2ccccc2)CCCC1. The molecule has 136 valence electrons. The number of ether oxygens (including phenoxy) is 1. The Morgan fingerprint density at radius 3 is 2.40 bits per heavy atom. The van der Waals surface area contributed by atoms with Gasteiger partial charge in [-0.25, -0.2) is 0 Å². The largest absolute Gasteiger partial charge is 0.455 e. The van der Waals surface area contributed by atoms with E-state index in [2.05, 4.69) is 10.6 Å². The minimum atomic E-state index is -0.666. The second-order valence-electron chi connectivity index (χ2n) is 6.42. The maximum atomic E-state index is 12.7. The molecule has 1 saturated carbocycles. The number of hydrogen-bond donors (Lipinski definition) is 2. The normalized spacial score (nSPS) is 16.7. The van der Waals surface area contributed by atoms with Crippen LogP contribution in [0.1, 0.15) is 45.1 Å². The molecule has 6 nitrogen and oxygen atoms in total. The summed E-state index contributed by atoms with van der Waals surface area (Å²) in [6.07, 6.45) is 3.38. The summed E-state index contributed by atoms with van der Waals surface area (Å²) in [7, 11) is 0. The summed E-state index contributed by atoms with van der Waals surface area (Å²) in [6.45, 7) is 3.51. The molecular formula is C19H26N2O4. The average Bonchev–Trinajstić information content (AvgIpc) is 3.11. The lowest BCUT2D eigenvalue weighted by molar-refractivity contribution is -0.154. The molecule has 2 N–H and O–H groups in total. The predicted octanol–water partition coefficient (Wildman–Crippen LogP) is 1.68. The molecule has 0 radical (unpaired) electrons. The van der Waals surface area contributed by atoms with Gasteiger partial charge in [-0.3, -0.25) is 14.4 Å². The molecule has 0 saturated heterocycles. The lowest BCUT2D eigenvalue weighted by Crippen LogP contribution is -2.46. The average molecular weight is 346 g/mol. The van der Waals surface area contributed by atoms with Crippen molar-refractivity contribution in [2.75, 3.05) is 13.2 Å². The zero-order valence-electron chi connectivity index (χ0n) is 14.8. The van der Waals surface area contributed by atoms with Crippen molar-refractivity contribution in [2.45, 2.75) is 51.0 Å². The molecule has 2 amide bonds. The highest BCUT2D eigenvalue weighted by molar-refractivity contribution is 5.90. The van der Waals surface area contributed by atoms with Crippen LogP contribution in [0.5, 0.6) is 0 Å². The van der Waals surface area contributed by atoms with E-state index in [1.54, 1.807) is 13.8 Å². The van der Waals surface area contributed by atoms with Gasteiger partial charge in [-0.1, -0.05) is 43.2 Å². The number of likely N-dealkylation sites (N-methyl/N-ethyl adjacent to an activating group) is 1. The summed E-state index contributed by atoms with van der Waals surface area (Å²) >= 11 is 0. The van der Waals surface area contributed by atoms with Gasteiger partial charge in [-0.15, -0.1) is 0 Å². The summed E-state index contributed by atoms with van der Waals surface area (Å²) in [4.78, 5) is 36.3. The Bertz CT molecular complexity index is 609. The van der Waals surface area contributed by atoms with E-state index >= 15 is 0 Å². The number of benzene rings is 1. The van der Waals surface area contributed by atoms with E-state index in [9.17, 15) is 14.4 Å². The molecule has 0 spiro atoms. The Labute approximate surface area is 148 Å². The molecule has 0 unspecified atom stereocenters. The van der Waals surface area contributed by atoms with Gasteiger partial charge in [0.1, 0.15) is 6.04 Å². The van der Waals surface area contributed by atoms with Crippen LogP contribution in [0, 0.1) is 0 Å². The molecule has 1 aliphatic rings. The third-order valence-electron chi connectivity index (χ3n) is 4.63. The van der Waals surface area contributed by atoms with E-state index in [0.717, 1.165) is 31.2 Å². The third kappa shape index (κ3) is 4.59. The van der Waals surface area contributed by atoms with Gasteiger partial charge in [-0.05, 0) is 32.3 Å². The number of nitrogens with one attached hydrogen (secondary N) is 2. The Morgan fingerprint density at radius 1 is 1.16 bits per heavy atom. The fourth-order valence-electron chi connectivity index (χ4n) is 3.29. The van der Waals surface area contributed by atoms with Gasteiger partial charge in [0.2, 0.25) is 5.91 Å². The van der Waals surface area contributed by atoms with Crippen LogP contribution < -0.4 is 10.6 Å². The molecule has 2 rings (SSSR count). The van der Waals surface area contributed by atoms with Gasteiger partial charge in [0.25, 0.3) is 5.91 Å². The van der Waals surface area contributed by atoms with Gasteiger partial charge >= 0.3 is 5.97 Å². The zero-order chi connectivity index (χ0) is 18.3. The van der Waals surface area contributed by atoms with Crippen molar-refractivity contribution in [1.29, 1.82) is 0 Å². The number of carbonyl (C=O) groups is 3. The van der Waals surface area contributed by atoms with Crippen molar-refractivity contribution in [3.05, 3.63) is 35.9 Å². The summed E-state index contributed by atoms with van der Waals surface area (Å²) in [5.41, 5.74) is 0.279. The Morgan fingerprint density at radius 2 is 1.80 bits per heavy atom. The van der Waals surface area contributed by atoms with Crippen LogP contribution in [0.15, 0.2) is 30.3 Å². The Balaban J connectivity index is 1.94. The van der Waals surface area contributed by atoms with Crippen LogP contribution in [0.4, 0.5) is 0 Å². The second kappa shape index (κ2) is 8.65. The van der Waals surface area contributed by atoms with E-state index in [1.807, 2.05) is 30.3 Å². The van der Waals surface area contributed by atoms with Crippen molar-refractivity contribution in [3.8, 4) is 0 Å². The first-order chi connectivity index (χ1) is 12.0. The zero-order valence-corrected chi connectivity index (χ0v) is 14.8. The molecule has 1 fully saturated rings. The van der Waals surface area contributed by atoms with Crippen LogP contribution in [0.3, 0.4) is 0 Å². The first kappa shape index (κ1) is 19.0. The van der Waals surface area contributed by atoms with Crippen LogP contribution >= 0.6 is 0 Å². The van der Waals surface area contributed by atoms with E-state index in [-0.39, 0.29) is 18.5 Å².